The van der Waals surface area contributed by atoms with Crippen LogP contribution in [0.3, 0.4) is 0 Å². The van der Waals surface area contributed by atoms with E-state index in [1.807, 2.05) is 18.3 Å². The molecule has 0 fully saturated rings. The fourth-order valence-corrected chi connectivity index (χ4v) is 3.13. The van der Waals surface area contributed by atoms with E-state index in [1.165, 1.54) is 31.7 Å². The number of fused-ring (bicyclic) bond motifs is 1. The molecular weight excluding hydrogens is 212 g/mol. The van der Waals surface area contributed by atoms with Crippen LogP contribution in [-0.2, 0) is 0 Å². The number of aryl methyl sites for hydroxylation is 1. The fraction of sp³-hybridized carbons (Fsp3) is 0.200. The van der Waals surface area contributed by atoms with Crippen molar-refractivity contribution in [1.82, 2.24) is 0 Å². The van der Waals surface area contributed by atoms with Crippen molar-refractivity contribution >= 4 is 27.0 Å². The molecule has 1 heteroatoms. The monoisotopic (exact) mass is 228 g/mol. The Morgan fingerprint density at radius 1 is 1.25 bits per heavy atom. The van der Waals surface area contributed by atoms with E-state index in [4.69, 9.17) is 0 Å². The topological polar surface area (TPSA) is 0 Å². The van der Waals surface area contributed by atoms with Crippen molar-refractivity contribution in [2.75, 3.05) is 0 Å². The zero-order valence-corrected chi connectivity index (χ0v) is 10.7. The van der Waals surface area contributed by atoms with Crippen molar-refractivity contribution in [2.24, 2.45) is 0 Å². The lowest BCUT2D eigenvalue weighted by molar-refractivity contribution is 1.25. The third-order valence-electron chi connectivity index (χ3n) is 2.68. The van der Waals surface area contributed by atoms with Crippen molar-refractivity contribution in [1.29, 1.82) is 0 Å². The molecule has 2 aromatic rings. The maximum atomic E-state index is 4.17. The quantitative estimate of drug-likeness (QED) is 0.634. The highest BCUT2D eigenvalue weighted by atomic mass is 32.1. The Hall–Kier alpha value is -1.34. The van der Waals surface area contributed by atoms with Crippen molar-refractivity contribution in [2.45, 2.75) is 20.3 Å². The molecule has 0 nitrogen and oxygen atoms in total. The van der Waals surface area contributed by atoms with Crippen LogP contribution in [0.15, 0.2) is 43.0 Å². The lowest BCUT2D eigenvalue weighted by atomic mass is 10.0. The van der Waals surface area contributed by atoms with Crippen molar-refractivity contribution < 1.29 is 0 Å². The van der Waals surface area contributed by atoms with E-state index in [0.717, 1.165) is 6.42 Å². The molecule has 0 unspecified atom stereocenters. The van der Waals surface area contributed by atoms with Gasteiger partial charge in [-0.2, -0.15) is 0 Å². The average Bonchev–Trinajstić information content (AvgIpc) is 2.56. The predicted octanol–water partition coefficient (Wildman–Crippen LogP) is 5.19. The first kappa shape index (κ1) is 11.2. The summed E-state index contributed by atoms with van der Waals surface area (Å²) in [4.78, 5) is 1.32. The molecule has 16 heavy (non-hydrogen) atoms. The van der Waals surface area contributed by atoms with Gasteiger partial charge in [-0.1, -0.05) is 36.9 Å². The Labute approximate surface area is 101 Å². The first-order valence-electron chi connectivity index (χ1n) is 5.40. The van der Waals surface area contributed by atoms with E-state index < -0.39 is 0 Å². The highest BCUT2D eigenvalue weighted by molar-refractivity contribution is 7.20. The predicted molar refractivity (Wildman–Crippen MR) is 75.0 cm³/mol. The third-order valence-corrected chi connectivity index (χ3v) is 4.05. The normalized spacial score (nSPS) is 10.6. The highest BCUT2D eigenvalue weighted by Gasteiger charge is 2.10. The van der Waals surface area contributed by atoms with Gasteiger partial charge in [-0.15, -0.1) is 11.3 Å². The van der Waals surface area contributed by atoms with Gasteiger partial charge in [0.05, 0.1) is 0 Å². The smallest absolute Gasteiger partial charge is 0.0352 e. The van der Waals surface area contributed by atoms with Crippen LogP contribution in [0.1, 0.15) is 23.8 Å². The molecule has 1 aromatic carbocycles. The summed E-state index contributed by atoms with van der Waals surface area (Å²) in [6, 6.07) is 8.53. The van der Waals surface area contributed by atoms with Gasteiger partial charge in [0.15, 0.2) is 0 Å². The van der Waals surface area contributed by atoms with Crippen LogP contribution >= 0.6 is 11.3 Å². The van der Waals surface area contributed by atoms with Gasteiger partial charge < -0.3 is 0 Å². The van der Waals surface area contributed by atoms with E-state index in [0.29, 0.717) is 0 Å². The summed E-state index contributed by atoms with van der Waals surface area (Å²) in [6.07, 6.45) is 0.896. The summed E-state index contributed by atoms with van der Waals surface area (Å²) < 4.78 is 1.35. The zero-order chi connectivity index (χ0) is 11.7. The molecule has 0 aliphatic heterocycles. The van der Waals surface area contributed by atoms with Crippen LogP contribution in [0.4, 0.5) is 0 Å². The minimum Gasteiger partial charge on any atom is -0.135 e. The van der Waals surface area contributed by atoms with Crippen LogP contribution in [0.25, 0.3) is 15.7 Å². The van der Waals surface area contributed by atoms with Gasteiger partial charge in [-0.3, -0.25) is 0 Å². The Bertz CT molecular complexity index is 558. The van der Waals surface area contributed by atoms with Gasteiger partial charge in [0.2, 0.25) is 0 Å². The number of hydrogen-bond acceptors (Lipinski definition) is 1. The molecule has 82 valence electrons. The van der Waals surface area contributed by atoms with Gasteiger partial charge in [0, 0.05) is 9.58 Å². The Kier molecular flexibility index (Phi) is 2.97. The zero-order valence-electron chi connectivity index (χ0n) is 9.84. The van der Waals surface area contributed by atoms with Crippen molar-refractivity contribution in [3.05, 3.63) is 53.4 Å². The molecule has 1 aromatic heterocycles. The molecule has 0 spiro atoms. The maximum absolute atomic E-state index is 4.17. The molecule has 0 N–H and O–H groups in total. The van der Waals surface area contributed by atoms with Crippen LogP contribution in [0.5, 0.6) is 0 Å². The van der Waals surface area contributed by atoms with Gasteiger partial charge in [0.25, 0.3) is 0 Å². The SMILES string of the molecule is C=C(C)CC(=C)c1sc2ccccc2c1C. The highest BCUT2D eigenvalue weighted by Crippen LogP contribution is 2.36. The molecule has 1 heterocycles. The van der Waals surface area contributed by atoms with Crippen LogP contribution in [0, 0.1) is 6.92 Å². The second-order valence-electron chi connectivity index (χ2n) is 4.29. The maximum Gasteiger partial charge on any atom is 0.0352 e. The molecular formula is C15H16S. The van der Waals surface area contributed by atoms with Gasteiger partial charge in [-0.05, 0) is 42.9 Å². The molecule has 0 amide bonds. The lowest BCUT2D eigenvalue weighted by Gasteiger charge is -2.03. The second kappa shape index (κ2) is 4.26. The van der Waals surface area contributed by atoms with Gasteiger partial charge in [0.1, 0.15) is 0 Å². The Morgan fingerprint density at radius 2 is 1.94 bits per heavy atom. The minimum absolute atomic E-state index is 0.896. The van der Waals surface area contributed by atoms with E-state index in [-0.39, 0.29) is 0 Å². The van der Waals surface area contributed by atoms with E-state index in [2.05, 4.69) is 44.3 Å². The van der Waals surface area contributed by atoms with Crippen molar-refractivity contribution in [3.63, 3.8) is 0 Å². The molecule has 0 saturated carbocycles. The number of hydrogen-bond donors (Lipinski definition) is 0. The Balaban J connectivity index is 2.49. The summed E-state index contributed by atoms with van der Waals surface area (Å²) in [5.74, 6) is 0. The summed E-state index contributed by atoms with van der Waals surface area (Å²) in [5.41, 5.74) is 3.71. The molecule has 0 radical (unpaired) electrons. The Morgan fingerprint density at radius 3 is 2.56 bits per heavy atom. The lowest BCUT2D eigenvalue weighted by Crippen LogP contribution is -1.82. The van der Waals surface area contributed by atoms with E-state index in [9.17, 15) is 0 Å². The molecule has 0 bridgehead atoms. The summed E-state index contributed by atoms with van der Waals surface area (Å²) in [7, 11) is 0. The second-order valence-corrected chi connectivity index (χ2v) is 5.34. The summed E-state index contributed by atoms with van der Waals surface area (Å²) >= 11 is 1.83. The van der Waals surface area contributed by atoms with Crippen molar-refractivity contribution in [3.8, 4) is 0 Å². The summed E-state index contributed by atoms with van der Waals surface area (Å²) in [6.45, 7) is 12.3. The molecule has 2 rings (SSSR count). The number of thiophene rings is 1. The molecule has 0 aliphatic rings. The first-order chi connectivity index (χ1) is 7.59. The van der Waals surface area contributed by atoms with Crippen LogP contribution in [-0.4, -0.2) is 0 Å². The first-order valence-corrected chi connectivity index (χ1v) is 6.22. The number of rotatable bonds is 3. The largest absolute Gasteiger partial charge is 0.135 e. The molecule has 0 aliphatic carbocycles. The number of allylic oxidation sites excluding steroid dienone is 2. The van der Waals surface area contributed by atoms with Crippen LogP contribution < -0.4 is 0 Å². The molecule has 0 atom stereocenters. The molecule has 0 saturated heterocycles. The minimum atomic E-state index is 0.896. The fourth-order valence-electron chi connectivity index (χ4n) is 1.96. The van der Waals surface area contributed by atoms with Crippen LogP contribution in [0.2, 0.25) is 0 Å². The van der Waals surface area contributed by atoms with Gasteiger partial charge >= 0.3 is 0 Å². The number of benzene rings is 1. The average molecular weight is 228 g/mol. The standard InChI is InChI=1S/C15H16S/c1-10(2)9-11(3)15-12(4)13-7-5-6-8-14(13)16-15/h5-8H,1,3,9H2,2,4H3. The van der Waals surface area contributed by atoms with E-state index in [1.54, 1.807) is 0 Å². The van der Waals surface area contributed by atoms with E-state index >= 15 is 0 Å². The summed E-state index contributed by atoms with van der Waals surface area (Å²) in [5, 5.41) is 1.35. The third kappa shape index (κ3) is 1.96. The van der Waals surface area contributed by atoms with Gasteiger partial charge in [-0.25, -0.2) is 0 Å².